The molecule has 1 unspecified atom stereocenters. The highest BCUT2D eigenvalue weighted by Crippen LogP contribution is 2.21. The van der Waals surface area contributed by atoms with Crippen molar-refractivity contribution >= 4 is 35.0 Å². The van der Waals surface area contributed by atoms with Gasteiger partial charge in [-0.3, -0.25) is 14.4 Å². The minimum absolute atomic E-state index is 0.163. The number of aromatic nitrogens is 2. The van der Waals surface area contributed by atoms with Gasteiger partial charge >= 0.3 is 0 Å². The summed E-state index contributed by atoms with van der Waals surface area (Å²) in [4.78, 5) is 41.8. The number of hydrogen-bond donors (Lipinski definition) is 3. The molecule has 1 heterocycles. The van der Waals surface area contributed by atoms with Gasteiger partial charge in [-0.2, -0.15) is 0 Å². The van der Waals surface area contributed by atoms with E-state index in [9.17, 15) is 14.4 Å². The second-order valence-corrected chi connectivity index (χ2v) is 6.81. The number of anilines is 2. The van der Waals surface area contributed by atoms with E-state index in [1.807, 2.05) is 0 Å². The van der Waals surface area contributed by atoms with Gasteiger partial charge in [-0.25, -0.2) is 4.98 Å². The molecule has 1 atom stereocenters. The number of ether oxygens (including phenoxy) is 1. The van der Waals surface area contributed by atoms with Crippen LogP contribution in [0, 0.1) is 0 Å². The van der Waals surface area contributed by atoms with E-state index in [0.717, 1.165) is 11.8 Å². The molecule has 2 aromatic rings. The highest BCUT2D eigenvalue weighted by atomic mass is 32.2. The number of nitrogens with zero attached hydrogens (tertiary/aromatic N) is 1. The molecule has 3 N–H and O–H groups in total. The van der Waals surface area contributed by atoms with Crippen LogP contribution in [0.5, 0.6) is 0 Å². The lowest BCUT2D eigenvalue weighted by Gasteiger charge is -2.12. The Morgan fingerprint density at radius 3 is 2.42 bits per heavy atom. The van der Waals surface area contributed by atoms with E-state index in [1.165, 1.54) is 20.1 Å². The largest absolute Gasteiger partial charge is 0.378 e. The zero-order valence-electron chi connectivity index (χ0n) is 14.7. The Morgan fingerprint density at radius 1 is 1.23 bits per heavy atom. The molecular weight excluding hydrogens is 356 g/mol. The molecule has 0 bridgehead atoms. The molecule has 2 amide bonds. The van der Waals surface area contributed by atoms with Crippen molar-refractivity contribution in [3.05, 3.63) is 46.4 Å². The molecule has 138 valence electrons. The number of carbonyl (C=O) groups is 2. The Hall–Kier alpha value is -2.65. The van der Waals surface area contributed by atoms with Crippen LogP contribution >= 0.6 is 11.8 Å². The third-order valence-electron chi connectivity index (χ3n) is 3.20. The number of thioether (sulfide) groups is 1. The summed E-state index contributed by atoms with van der Waals surface area (Å²) < 4.78 is 4.97. The van der Waals surface area contributed by atoms with Crippen LogP contribution in [0.2, 0.25) is 0 Å². The maximum absolute atomic E-state index is 12.3. The van der Waals surface area contributed by atoms with Gasteiger partial charge in [-0.15, -0.1) is 0 Å². The third-order valence-corrected chi connectivity index (χ3v) is 4.18. The van der Waals surface area contributed by atoms with E-state index in [-0.39, 0.29) is 24.0 Å². The van der Waals surface area contributed by atoms with Gasteiger partial charge in [0.2, 0.25) is 11.8 Å². The van der Waals surface area contributed by atoms with Gasteiger partial charge in [0.25, 0.3) is 5.56 Å². The van der Waals surface area contributed by atoms with Crippen molar-refractivity contribution < 1.29 is 14.3 Å². The second-order valence-electron chi connectivity index (χ2n) is 5.48. The summed E-state index contributed by atoms with van der Waals surface area (Å²) >= 11 is 1.15. The standard InChI is InChI=1S/C17H20N4O4S/c1-10(26-17-20-14(9-25-3)8-15(23)21-17)16(24)19-13-6-4-12(5-7-13)18-11(2)22/h4-8,10H,9H2,1-3H3,(H,18,22)(H,19,24)(H,20,21,23). The predicted molar refractivity (Wildman–Crippen MR) is 100 cm³/mol. The SMILES string of the molecule is COCc1cc(=O)[nH]c(SC(C)C(=O)Nc2ccc(NC(C)=O)cc2)n1. The average Bonchev–Trinajstić information content (AvgIpc) is 2.56. The van der Waals surface area contributed by atoms with Crippen molar-refractivity contribution in [3.63, 3.8) is 0 Å². The number of carbonyl (C=O) groups excluding carboxylic acids is 2. The molecule has 26 heavy (non-hydrogen) atoms. The fourth-order valence-corrected chi connectivity index (χ4v) is 2.90. The Labute approximate surface area is 154 Å². The second kappa shape index (κ2) is 9.16. The van der Waals surface area contributed by atoms with Crippen LogP contribution in [0.15, 0.2) is 40.3 Å². The summed E-state index contributed by atoms with van der Waals surface area (Å²) in [6.07, 6.45) is 0. The lowest BCUT2D eigenvalue weighted by Crippen LogP contribution is -2.23. The molecule has 8 nitrogen and oxygen atoms in total. The van der Waals surface area contributed by atoms with E-state index in [4.69, 9.17) is 4.74 Å². The topological polar surface area (TPSA) is 113 Å². The van der Waals surface area contributed by atoms with Crippen LogP contribution in [-0.4, -0.2) is 34.1 Å². The van der Waals surface area contributed by atoms with Gasteiger partial charge < -0.3 is 20.4 Å². The molecule has 1 aromatic carbocycles. The molecule has 0 fully saturated rings. The van der Waals surface area contributed by atoms with E-state index >= 15 is 0 Å². The summed E-state index contributed by atoms with van der Waals surface area (Å²) in [7, 11) is 1.52. The molecule has 9 heteroatoms. The first kappa shape index (κ1) is 19.7. The fraction of sp³-hybridized carbons (Fsp3) is 0.294. The van der Waals surface area contributed by atoms with Crippen LogP contribution in [0.1, 0.15) is 19.5 Å². The average molecular weight is 376 g/mol. The Kier molecular flexibility index (Phi) is 6.93. The smallest absolute Gasteiger partial charge is 0.251 e. The number of methoxy groups -OCH3 is 1. The minimum atomic E-state index is -0.481. The van der Waals surface area contributed by atoms with Gasteiger partial charge in [0.05, 0.1) is 17.6 Å². The zero-order chi connectivity index (χ0) is 19.1. The van der Waals surface area contributed by atoms with Gasteiger partial charge in [-0.05, 0) is 31.2 Å². The Morgan fingerprint density at radius 2 is 1.85 bits per heavy atom. The van der Waals surface area contributed by atoms with Gasteiger partial charge in [0.1, 0.15) is 0 Å². The van der Waals surface area contributed by atoms with Crippen LogP contribution in [-0.2, 0) is 20.9 Å². The van der Waals surface area contributed by atoms with Crippen LogP contribution in [0.25, 0.3) is 0 Å². The number of hydrogen-bond acceptors (Lipinski definition) is 6. The monoisotopic (exact) mass is 376 g/mol. The molecule has 0 spiro atoms. The first-order valence-corrected chi connectivity index (χ1v) is 8.69. The summed E-state index contributed by atoms with van der Waals surface area (Å²) in [6.45, 7) is 3.36. The van der Waals surface area contributed by atoms with Crippen molar-refractivity contribution in [2.75, 3.05) is 17.7 Å². The Balaban J connectivity index is 1.99. The van der Waals surface area contributed by atoms with Crippen molar-refractivity contribution in [3.8, 4) is 0 Å². The number of benzene rings is 1. The quantitative estimate of drug-likeness (QED) is 0.503. The molecule has 2 rings (SSSR count). The lowest BCUT2D eigenvalue weighted by atomic mass is 10.2. The molecule has 0 saturated carbocycles. The number of nitrogens with one attached hydrogen (secondary N) is 3. The van der Waals surface area contributed by atoms with E-state index in [1.54, 1.807) is 31.2 Å². The van der Waals surface area contributed by atoms with Gasteiger partial charge in [0, 0.05) is 31.5 Å². The molecule has 0 aliphatic heterocycles. The Bertz CT molecular complexity index is 835. The van der Waals surface area contributed by atoms with Crippen LogP contribution in [0.3, 0.4) is 0 Å². The van der Waals surface area contributed by atoms with Crippen molar-refractivity contribution in [2.24, 2.45) is 0 Å². The van der Waals surface area contributed by atoms with Crippen molar-refractivity contribution in [1.29, 1.82) is 0 Å². The van der Waals surface area contributed by atoms with Gasteiger partial charge in [-0.1, -0.05) is 11.8 Å². The zero-order valence-corrected chi connectivity index (χ0v) is 15.5. The molecule has 0 radical (unpaired) electrons. The van der Waals surface area contributed by atoms with Crippen LogP contribution < -0.4 is 16.2 Å². The number of H-pyrrole nitrogens is 1. The van der Waals surface area contributed by atoms with Crippen LogP contribution in [0.4, 0.5) is 11.4 Å². The highest BCUT2D eigenvalue weighted by Gasteiger charge is 2.16. The molecule has 0 saturated heterocycles. The minimum Gasteiger partial charge on any atom is -0.378 e. The number of amides is 2. The summed E-state index contributed by atoms with van der Waals surface area (Å²) in [5, 5.41) is 5.31. The molecular formula is C17H20N4O4S. The maximum atomic E-state index is 12.3. The number of rotatable bonds is 7. The fourth-order valence-electron chi connectivity index (χ4n) is 2.07. The van der Waals surface area contributed by atoms with E-state index < -0.39 is 5.25 Å². The highest BCUT2D eigenvalue weighted by molar-refractivity contribution is 8.00. The van der Waals surface area contributed by atoms with Crippen molar-refractivity contribution in [2.45, 2.75) is 30.9 Å². The first-order valence-electron chi connectivity index (χ1n) is 7.81. The lowest BCUT2D eigenvalue weighted by molar-refractivity contribution is -0.115. The molecule has 0 aliphatic carbocycles. The molecule has 0 aliphatic rings. The number of aromatic amines is 1. The summed E-state index contributed by atoms with van der Waals surface area (Å²) in [6, 6.07) is 8.14. The summed E-state index contributed by atoms with van der Waals surface area (Å²) in [5.41, 5.74) is 1.46. The van der Waals surface area contributed by atoms with Gasteiger partial charge in [0.15, 0.2) is 5.16 Å². The van der Waals surface area contributed by atoms with E-state index in [0.29, 0.717) is 22.2 Å². The normalized spacial score (nSPS) is 11.7. The van der Waals surface area contributed by atoms with E-state index in [2.05, 4.69) is 20.6 Å². The third kappa shape index (κ3) is 6.01. The summed E-state index contributed by atoms with van der Waals surface area (Å²) in [5.74, 6) is -0.397. The van der Waals surface area contributed by atoms with Crippen molar-refractivity contribution in [1.82, 2.24) is 9.97 Å². The maximum Gasteiger partial charge on any atom is 0.251 e. The predicted octanol–water partition coefficient (Wildman–Crippen LogP) is 1.99. The first-order chi connectivity index (χ1) is 12.4. The molecule has 1 aromatic heterocycles.